The van der Waals surface area contributed by atoms with Crippen LogP contribution in [0, 0.1) is 5.82 Å². The summed E-state index contributed by atoms with van der Waals surface area (Å²) in [6.45, 7) is 1.53. The van der Waals surface area contributed by atoms with Gasteiger partial charge in [0, 0.05) is 22.8 Å². The van der Waals surface area contributed by atoms with Gasteiger partial charge in [0.05, 0.1) is 5.69 Å². The second kappa shape index (κ2) is 5.53. The predicted molar refractivity (Wildman–Crippen MR) is 78.6 cm³/mol. The predicted octanol–water partition coefficient (Wildman–Crippen LogP) is 4.56. The monoisotopic (exact) mass is 321 g/mol. The lowest BCUT2D eigenvalue weighted by Crippen LogP contribution is -2.10. The molecule has 4 heteroatoms. The van der Waals surface area contributed by atoms with Gasteiger partial charge in [-0.15, -0.1) is 0 Å². The van der Waals surface area contributed by atoms with Crippen LogP contribution in [-0.4, -0.2) is 12.8 Å². The van der Waals surface area contributed by atoms with E-state index < -0.39 is 0 Å². The van der Waals surface area contributed by atoms with Crippen LogP contribution in [0.5, 0.6) is 0 Å². The lowest BCUT2D eigenvalue weighted by molar-refractivity contribution is 0.101. The van der Waals surface area contributed by atoms with E-state index in [1.807, 2.05) is 18.0 Å². The molecule has 0 aliphatic carbocycles. The lowest BCUT2D eigenvalue weighted by atomic mass is 10.1. The minimum atomic E-state index is -0.261. The van der Waals surface area contributed by atoms with Crippen LogP contribution in [0.1, 0.15) is 17.3 Å². The highest BCUT2D eigenvalue weighted by Crippen LogP contribution is 2.31. The molecule has 0 N–H and O–H groups in total. The molecule has 2 aromatic rings. The normalized spacial score (nSPS) is 10.3. The minimum absolute atomic E-state index is 0.0247. The lowest BCUT2D eigenvalue weighted by Gasteiger charge is -2.21. The van der Waals surface area contributed by atoms with Crippen molar-refractivity contribution >= 4 is 33.1 Å². The highest BCUT2D eigenvalue weighted by Gasteiger charge is 2.10. The van der Waals surface area contributed by atoms with Gasteiger partial charge in [0.15, 0.2) is 5.78 Å². The molecular weight excluding hydrogens is 309 g/mol. The van der Waals surface area contributed by atoms with Crippen molar-refractivity contribution in [3.8, 4) is 0 Å². The Labute approximate surface area is 120 Å². The number of hydrogen-bond acceptors (Lipinski definition) is 2. The molecule has 0 aliphatic heterocycles. The van der Waals surface area contributed by atoms with E-state index in [1.54, 1.807) is 24.3 Å². The molecule has 2 rings (SSSR count). The van der Waals surface area contributed by atoms with Gasteiger partial charge in [-0.25, -0.2) is 4.39 Å². The highest BCUT2D eigenvalue weighted by atomic mass is 79.9. The van der Waals surface area contributed by atoms with E-state index in [4.69, 9.17) is 0 Å². The smallest absolute Gasteiger partial charge is 0.159 e. The summed E-state index contributed by atoms with van der Waals surface area (Å²) in [5.41, 5.74) is 2.44. The third kappa shape index (κ3) is 3.01. The Balaban J connectivity index is 2.36. The summed E-state index contributed by atoms with van der Waals surface area (Å²) in [6, 6.07) is 11.7. The molecule has 0 radical (unpaired) electrons. The van der Waals surface area contributed by atoms with E-state index in [9.17, 15) is 9.18 Å². The molecule has 0 spiro atoms. The highest BCUT2D eigenvalue weighted by molar-refractivity contribution is 9.10. The van der Waals surface area contributed by atoms with Crippen molar-refractivity contribution in [2.45, 2.75) is 6.92 Å². The molecule has 2 nitrogen and oxygen atoms in total. The molecule has 0 unspecified atom stereocenters. The van der Waals surface area contributed by atoms with Crippen molar-refractivity contribution < 1.29 is 9.18 Å². The second-order valence-electron chi connectivity index (χ2n) is 4.26. The van der Waals surface area contributed by atoms with Crippen molar-refractivity contribution in [1.82, 2.24) is 0 Å². The van der Waals surface area contributed by atoms with Crippen molar-refractivity contribution in [3.05, 3.63) is 58.3 Å². The Kier molecular flexibility index (Phi) is 4.00. The van der Waals surface area contributed by atoms with Crippen LogP contribution in [0.15, 0.2) is 46.9 Å². The molecule has 0 saturated carbocycles. The average molecular weight is 322 g/mol. The Hall–Kier alpha value is -1.68. The fourth-order valence-corrected chi connectivity index (χ4v) is 2.45. The summed E-state index contributed by atoms with van der Waals surface area (Å²) in [6.07, 6.45) is 0. The van der Waals surface area contributed by atoms with Gasteiger partial charge in [-0.05, 0) is 65.3 Å². The first-order valence-corrected chi connectivity index (χ1v) is 6.58. The quantitative estimate of drug-likeness (QED) is 0.772. The first-order chi connectivity index (χ1) is 8.99. The fraction of sp³-hybridized carbons (Fsp3) is 0.133. The van der Waals surface area contributed by atoms with E-state index in [0.29, 0.717) is 5.56 Å². The summed E-state index contributed by atoms with van der Waals surface area (Å²) < 4.78 is 13.7. The number of halogens is 2. The average Bonchev–Trinajstić information content (AvgIpc) is 2.38. The first-order valence-electron chi connectivity index (χ1n) is 5.79. The van der Waals surface area contributed by atoms with Crippen molar-refractivity contribution in [2.75, 3.05) is 11.9 Å². The van der Waals surface area contributed by atoms with Gasteiger partial charge in [0.25, 0.3) is 0 Å². The Morgan fingerprint density at radius 2 is 1.79 bits per heavy atom. The van der Waals surface area contributed by atoms with Crippen LogP contribution in [0.3, 0.4) is 0 Å². The van der Waals surface area contributed by atoms with Gasteiger partial charge in [0.2, 0.25) is 0 Å². The number of carbonyl (C=O) groups excluding carboxylic acids is 1. The van der Waals surface area contributed by atoms with Gasteiger partial charge in [0.1, 0.15) is 5.82 Å². The minimum Gasteiger partial charge on any atom is -0.344 e. The third-order valence-corrected chi connectivity index (χ3v) is 3.56. The molecule has 0 amide bonds. The van der Waals surface area contributed by atoms with E-state index in [1.165, 1.54) is 19.1 Å². The first kappa shape index (κ1) is 13.7. The molecule has 0 bridgehead atoms. The number of hydrogen-bond donors (Lipinski definition) is 0. The Morgan fingerprint density at radius 1 is 1.16 bits per heavy atom. The van der Waals surface area contributed by atoms with E-state index >= 15 is 0 Å². The molecular formula is C15H13BrFNO. The van der Waals surface area contributed by atoms with Crippen molar-refractivity contribution in [3.63, 3.8) is 0 Å². The summed E-state index contributed by atoms with van der Waals surface area (Å²) in [5, 5.41) is 0. The summed E-state index contributed by atoms with van der Waals surface area (Å²) >= 11 is 3.46. The molecule has 0 heterocycles. The maximum Gasteiger partial charge on any atom is 0.159 e. The topological polar surface area (TPSA) is 20.3 Å². The number of anilines is 2. The number of ketones is 1. The molecule has 0 saturated heterocycles. The van der Waals surface area contributed by atoms with Crippen molar-refractivity contribution in [2.24, 2.45) is 0 Å². The van der Waals surface area contributed by atoms with Crippen LogP contribution >= 0.6 is 15.9 Å². The molecule has 0 aliphatic rings. The van der Waals surface area contributed by atoms with E-state index in [2.05, 4.69) is 15.9 Å². The summed E-state index contributed by atoms with van der Waals surface area (Å²) in [7, 11) is 1.89. The molecule has 0 fully saturated rings. The van der Waals surface area contributed by atoms with Crippen LogP contribution in [0.2, 0.25) is 0 Å². The maximum atomic E-state index is 12.9. The van der Waals surface area contributed by atoms with Gasteiger partial charge < -0.3 is 4.90 Å². The standard InChI is InChI=1S/C15H13BrFNO/c1-10(19)11-3-8-15(14(16)9-11)18(2)13-6-4-12(17)5-7-13/h3-9H,1-2H3. The zero-order valence-electron chi connectivity index (χ0n) is 10.7. The second-order valence-corrected chi connectivity index (χ2v) is 5.11. The van der Waals surface area contributed by atoms with E-state index in [-0.39, 0.29) is 11.6 Å². The SMILES string of the molecule is CC(=O)c1ccc(N(C)c2ccc(F)cc2)c(Br)c1. The summed E-state index contributed by atoms with van der Waals surface area (Å²) in [5.74, 6) is -0.236. The molecule has 2 aromatic carbocycles. The Morgan fingerprint density at radius 3 is 2.32 bits per heavy atom. The molecule has 98 valence electrons. The third-order valence-electron chi connectivity index (χ3n) is 2.93. The number of rotatable bonds is 3. The van der Waals surface area contributed by atoms with Crippen LogP contribution in [-0.2, 0) is 0 Å². The molecule has 19 heavy (non-hydrogen) atoms. The Bertz CT molecular complexity index is 610. The number of Topliss-reactive ketones (excluding diaryl/α,β-unsaturated/α-hetero) is 1. The van der Waals surface area contributed by atoms with Gasteiger partial charge >= 0.3 is 0 Å². The zero-order chi connectivity index (χ0) is 14.0. The number of nitrogens with zero attached hydrogens (tertiary/aromatic N) is 1. The number of benzene rings is 2. The number of carbonyl (C=O) groups is 1. The largest absolute Gasteiger partial charge is 0.344 e. The molecule has 0 aromatic heterocycles. The van der Waals surface area contributed by atoms with E-state index in [0.717, 1.165) is 15.8 Å². The fourth-order valence-electron chi connectivity index (χ4n) is 1.80. The maximum absolute atomic E-state index is 12.9. The van der Waals surface area contributed by atoms with Crippen LogP contribution in [0.25, 0.3) is 0 Å². The molecule has 0 atom stereocenters. The van der Waals surface area contributed by atoms with Gasteiger partial charge in [-0.3, -0.25) is 4.79 Å². The van der Waals surface area contributed by atoms with Gasteiger partial charge in [-0.2, -0.15) is 0 Å². The zero-order valence-corrected chi connectivity index (χ0v) is 12.2. The van der Waals surface area contributed by atoms with Crippen molar-refractivity contribution in [1.29, 1.82) is 0 Å². The van der Waals surface area contributed by atoms with Gasteiger partial charge in [-0.1, -0.05) is 0 Å². The summed E-state index contributed by atoms with van der Waals surface area (Å²) in [4.78, 5) is 13.2. The van der Waals surface area contributed by atoms with Crippen LogP contribution < -0.4 is 4.90 Å². The van der Waals surface area contributed by atoms with Crippen LogP contribution in [0.4, 0.5) is 15.8 Å².